The first-order valence-corrected chi connectivity index (χ1v) is 12.6. The molecule has 1 saturated carbocycles. The average Bonchev–Trinajstić information content (AvgIpc) is 3.61. The van der Waals surface area contributed by atoms with Crippen LogP contribution in [0.3, 0.4) is 0 Å². The fraction of sp³-hybridized carbons (Fsp3) is 0.414. The van der Waals surface area contributed by atoms with E-state index in [0.717, 1.165) is 23.5 Å². The van der Waals surface area contributed by atoms with Gasteiger partial charge < -0.3 is 14.6 Å². The molecule has 1 unspecified atom stereocenters. The molecule has 1 aromatic heterocycles. The second-order valence-corrected chi connectivity index (χ2v) is 9.72. The van der Waals surface area contributed by atoms with Gasteiger partial charge in [0.2, 0.25) is 5.88 Å². The molecule has 1 aliphatic rings. The molecule has 36 heavy (non-hydrogen) atoms. The van der Waals surface area contributed by atoms with Gasteiger partial charge in [0.15, 0.2) is 11.6 Å². The van der Waals surface area contributed by atoms with Crippen molar-refractivity contribution in [3.63, 3.8) is 0 Å². The number of hydrogen-bond acceptors (Lipinski definition) is 5. The van der Waals surface area contributed by atoms with Crippen LogP contribution in [-0.2, 0) is 11.3 Å². The molecule has 3 aromatic rings. The smallest absolute Gasteiger partial charge is 0.227 e. The third kappa shape index (κ3) is 6.81. The molecule has 0 radical (unpaired) electrons. The fourth-order valence-corrected chi connectivity index (χ4v) is 4.28. The fourth-order valence-electron chi connectivity index (χ4n) is 4.28. The Morgan fingerprint density at radius 2 is 1.89 bits per heavy atom. The van der Waals surface area contributed by atoms with E-state index in [2.05, 4.69) is 25.3 Å². The Morgan fingerprint density at radius 3 is 2.56 bits per heavy atom. The van der Waals surface area contributed by atoms with Crippen molar-refractivity contribution < 1.29 is 19.0 Å². The number of halogens is 1. The van der Waals surface area contributed by atoms with Gasteiger partial charge in [-0.15, -0.1) is 6.58 Å². The summed E-state index contributed by atoms with van der Waals surface area (Å²) in [5.41, 5.74) is 2.63. The van der Waals surface area contributed by atoms with Crippen LogP contribution in [0.2, 0.25) is 0 Å². The second-order valence-electron chi connectivity index (χ2n) is 9.72. The van der Waals surface area contributed by atoms with E-state index >= 15 is 0 Å². The van der Waals surface area contributed by atoms with E-state index in [-0.39, 0.29) is 18.3 Å². The molecule has 0 saturated heterocycles. The van der Waals surface area contributed by atoms with E-state index in [1.807, 2.05) is 30.3 Å². The lowest BCUT2D eigenvalue weighted by molar-refractivity contribution is 0.0235. The van der Waals surface area contributed by atoms with Gasteiger partial charge >= 0.3 is 0 Å². The zero-order valence-corrected chi connectivity index (χ0v) is 21.1. The van der Waals surface area contributed by atoms with E-state index in [1.165, 1.54) is 18.9 Å². The number of nitrogens with zero attached hydrogens (tertiary/aromatic N) is 3. The summed E-state index contributed by atoms with van der Waals surface area (Å²) in [7, 11) is 0. The maximum absolute atomic E-state index is 14.6. The van der Waals surface area contributed by atoms with Crippen LogP contribution >= 0.6 is 0 Å². The number of ether oxygens (including phenoxy) is 2. The zero-order valence-electron chi connectivity index (χ0n) is 21.1. The summed E-state index contributed by atoms with van der Waals surface area (Å²) in [5, 5.41) is 15.6. The summed E-state index contributed by atoms with van der Waals surface area (Å²) < 4.78 is 28.2. The molecular formula is C29H36FN3O3. The number of hydrogen-bond donors (Lipinski definition) is 1. The van der Waals surface area contributed by atoms with E-state index in [1.54, 1.807) is 29.0 Å². The summed E-state index contributed by atoms with van der Waals surface area (Å²) in [6.45, 7) is 10.3. The minimum atomic E-state index is -0.633. The molecule has 2 aromatic carbocycles. The lowest BCUT2D eigenvalue weighted by atomic mass is 10.1. The first-order valence-electron chi connectivity index (χ1n) is 12.6. The standard InChI is InChI=1S/C29H36FN3O3/c1-4-16-35-20-24(34)18-32(17-22-14-15-22)19-25-28(21(2)3)31-33(23-10-6-5-7-11-23)29(25)36-27-13-9-8-12-26(27)30/h4-13,21-22,24,34H,1,14-20H2,2-3H3. The highest BCUT2D eigenvalue weighted by atomic mass is 19.1. The first kappa shape index (κ1) is 26.1. The number of rotatable bonds is 14. The molecule has 1 heterocycles. The summed E-state index contributed by atoms with van der Waals surface area (Å²) in [4.78, 5) is 2.24. The van der Waals surface area contributed by atoms with Gasteiger partial charge in [-0.05, 0) is 48.9 Å². The van der Waals surface area contributed by atoms with E-state index in [9.17, 15) is 9.50 Å². The zero-order chi connectivity index (χ0) is 25.5. The van der Waals surface area contributed by atoms with Crippen LogP contribution in [0.15, 0.2) is 67.3 Å². The van der Waals surface area contributed by atoms with Crippen LogP contribution in [0.25, 0.3) is 5.69 Å². The molecule has 192 valence electrons. The van der Waals surface area contributed by atoms with Crippen LogP contribution in [0.5, 0.6) is 11.6 Å². The molecule has 0 amide bonds. The van der Waals surface area contributed by atoms with Gasteiger partial charge in [-0.2, -0.15) is 5.10 Å². The van der Waals surface area contributed by atoms with Crippen LogP contribution in [0.4, 0.5) is 4.39 Å². The van der Waals surface area contributed by atoms with Crippen molar-refractivity contribution in [2.75, 3.05) is 26.3 Å². The lowest BCUT2D eigenvalue weighted by Crippen LogP contribution is -2.36. The largest absolute Gasteiger partial charge is 0.435 e. The quantitative estimate of drug-likeness (QED) is 0.231. The number of aromatic nitrogens is 2. The monoisotopic (exact) mass is 493 g/mol. The molecule has 0 bridgehead atoms. The second kappa shape index (κ2) is 12.3. The Kier molecular flexibility index (Phi) is 8.91. The SMILES string of the molecule is C=CCOCC(O)CN(Cc1c(C(C)C)nn(-c2ccccc2)c1Oc1ccccc1F)CC1CC1. The van der Waals surface area contributed by atoms with Crippen molar-refractivity contribution in [1.29, 1.82) is 0 Å². The number of aliphatic hydroxyl groups is 1. The summed E-state index contributed by atoms with van der Waals surface area (Å²) in [6, 6.07) is 16.2. The van der Waals surface area contributed by atoms with Gasteiger partial charge in [0.25, 0.3) is 0 Å². The van der Waals surface area contributed by atoms with Crippen LogP contribution < -0.4 is 4.74 Å². The number of benzene rings is 2. The summed E-state index contributed by atoms with van der Waals surface area (Å²) in [6.07, 6.45) is 3.43. The third-order valence-corrected chi connectivity index (χ3v) is 6.17. The number of aliphatic hydroxyl groups excluding tert-OH is 1. The predicted molar refractivity (Wildman–Crippen MR) is 139 cm³/mol. The maximum atomic E-state index is 14.6. The van der Waals surface area contributed by atoms with E-state index < -0.39 is 11.9 Å². The Labute approximate surface area is 213 Å². The van der Waals surface area contributed by atoms with Crippen molar-refractivity contribution >= 4 is 0 Å². The van der Waals surface area contributed by atoms with Gasteiger partial charge in [-0.25, -0.2) is 9.07 Å². The highest BCUT2D eigenvalue weighted by Gasteiger charge is 2.30. The maximum Gasteiger partial charge on any atom is 0.227 e. The third-order valence-electron chi connectivity index (χ3n) is 6.17. The number of para-hydroxylation sites is 2. The topological polar surface area (TPSA) is 59.8 Å². The molecule has 1 atom stereocenters. The predicted octanol–water partition coefficient (Wildman–Crippen LogP) is 5.70. The molecule has 0 spiro atoms. The van der Waals surface area contributed by atoms with Crippen molar-refractivity contribution in [2.24, 2.45) is 5.92 Å². The van der Waals surface area contributed by atoms with Crippen molar-refractivity contribution in [1.82, 2.24) is 14.7 Å². The van der Waals surface area contributed by atoms with Crippen LogP contribution in [0.1, 0.15) is 43.9 Å². The Balaban J connectivity index is 1.71. The van der Waals surface area contributed by atoms with E-state index in [4.69, 9.17) is 14.6 Å². The van der Waals surface area contributed by atoms with Crippen LogP contribution in [0, 0.1) is 11.7 Å². The Morgan fingerprint density at radius 1 is 1.17 bits per heavy atom. The Hall–Kier alpha value is -3.00. The van der Waals surface area contributed by atoms with Gasteiger partial charge in [-0.3, -0.25) is 4.90 Å². The van der Waals surface area contributed by atoms with Gasteiger partial charge in [0.1, 0.15) is 0 Å². The minimum absolute atomic E-state index is 0.122. The Bertz CT molecular complexity index is 1130. The minimum Gasteiger partial charge on any atom is -0.435 e. The molecule has 1 N–H and O–H groups in total. The molecule has 7 heteroatoms. The summed E-state index contributed by atoms with van der Waals surface area (Å²) in [5.74, 6) is 0.955. The highest BCUT2D eigenvalue weighted by molar-refractivity contribution is 5.44. The highest BCUT2D eigenvalue weighted by Crippen LogP contribution is 2.37. The van der Waals surface area contributed by atoms with Crippen molar-refractivity contribution in [3.05, 3.63) is 84.3 Å². The van der Waals surface area contributed by atoms with E-state index in [0.29, 0.717) is 31.5 Å². The molecule has 4 rings (SSSR count). The summed E-state index contributed by atoms with van der Waals surface area (Å²) >= 11 is 0. The molecule has 0 aliphatic heterocycles. The lowest BCUT2D eigenvalue weighted by Gasteiger charge is -2.26. The average molecular weight is 494 g/mol. The van der Waals surface area contributed by atoms with Gasteiger partial charge in [0.05, 0.1) is 36.3 Å². The molecule has 6 nitrogen and oxygen atoms in total. The van der Waals surface area contributed by atoms with Crippen LogP contribution in [-0.4, -0.2) is 52.2 Å². The molecule has 1 fully saturated rings. The molecular weight excluding hydrogens is 457 g/mol. The van der Waals surface area contributed by atoms with Crippen molar-refractivity contribution in [2.45, 2.75) is 45.3 Å². The first-order chi connectivity index (χ1) is 17.5. The van der Waals surface area contributed by atoms with Crippen molar-refractivity contribution in [3.8, 4) is 17.3 Å². The van der Waals surface area contributed by atoms with Gasteiger partial charge in [0, 0.05) is 19.6 Å². The molecule has 1 aliphatic carbocycles. The normalized spacial score (nSPS) is 14.4. The van der Waals surface area contributed by atoms with Gasteiger partial charge in [-0.1, -0.05) is 50.3 Å².